The Morgan fingerprint density at radius 3 is 2.03 bits per heavy atom. The number of ether oxygens (including phenoxy) is 2. The monoisotopic (exact) mass is 489 g/mol. The third-order valence-electron chi connectivity index (χ3n) is 5.56. The van der Waals surface area contributed by atoms with Crippen LogP contribution < -0.4 is 4.74 Å². The van der Waals surface area contributed by atoms with E-state index in [1.165, 1.54) is 0 Å². The standard InChI is InChI=1S/C24H25F6NO3/c25-23(26,27)18-11-19(24(28,29)30)13-21(12-18)33-16-20(31-9-5-2-6-10-31)14-22(32)34-15-17-7-3-1-4-8-17/h1,3-4,7-8,11-13,20H,2,5-6,9-10,14-16H2. The highest BCUT2D eigenvalue weighted by atomic mass is 19.4. The fourth-order valence-corrected chi connectivity index (χ4v) is 3.77. The quantitative estimate of drug-likeness (QED) is 0.332. The molecule has 3 rings (SSSR count). The van der Waals surface area contributed by atoms with Crippen molar-refractivity contribution in [3.63, 3.8) is 0 Å². The van der Waals surface area contributed by atoms with Gasteiger partial charge in [-0.2, -0.15) is 26.3 Å². The number of alkyl halides is 6. The van der Waals surface area contributed by atoms with Crippen LogP contribution in [0.15, 0.2) is 48.5 Å². The van der Waals surface area contributed by atoms with E-state index in [4.69, 9.17) is 9.47 Å². The molecule has 4 nitrogen and oxygen atoms in total. The molecule has 1 aliphatic heterocycles. The Morgan fingerprint density at radius 1 is 0.882 bits per heavy atom. The first-order valence-electron chi connectivity index (χ1n) is 10.9. The van der Waals surface area contributed by atoms with E-state index < -0.39 is 41.2 Å². The summed E-state index contributed by atoms with van der Waals surface area (Å²) in [6, 6.07) is 9.60. The molecule has 186 valence electrons. The van der Waals surface area contributed by atoms with E-state index in [1.807, 2.05) is 11.0 Å². The minimum Gasteiger partial charge on any atom is -0.492 e. The average Bonchev–Trinajstić information content (AvgIpc) is 2.80. The summed E-state index contributed by atoms with van der Waals surface area (Å²) in [7, 11) is 0. The van der Waals surface area contributed by atoms with Crippen molar-refractivity contribution in [2.75, 3.05) is 19.7 Å². The van der Waals surface area contributed by atoms with Crippen LogP contribution in [-0.2, 0) is 28.5 Å². The van der Waals surface area contributed by atoms with Gasteiger partial charge in [-0.1, -0.05) is 36.8 Å². The zero-order valence-electron chi connectivity index (χ0n) is 18.3. The first kappa shape index (κ1) is 25.9. The van der Waals surface area contributed by atoms with Gasteiger partial charge in [0.05, 0.1) is 23.6 Å². The summed E-state index contributed by atoms with van der Waals surface area (Å²) in [5.74, 6) is -1.08. The van der Waals surface area contributed by atoms with Gasteiger partial charge in [-0.3, -0.25) is 9.69 Å². The molecule has 2 aromatic carbocycles. The number of rotatable bonds is 8. The predicted molar refractivity (Wildman–Crippen MR) is 112 cm³/mol. The minimum atomic E-state index is -4.97. The molecule has 1 saturated heterocycles. The smallest absolute Gasteiger partial charge is 0.416 e. The molecule has 0 saturated carbocycles. The first-order valence-corrected chi connectivity index (χ1v) is 10.9. The van der Waals surface area contributed by atoms with Crippen molar-refractivity contribution < 1.29 is 40.6 Å². The van der Waals surface area contributed by atoms with Crippen molar-refractivity contribution in [1.82, 2.24) is 4.90 Å². The fourth-order valence-electron chi connectivity index (χ4n) is 3.77. The van der Waals surface area contributed by atoms with Crippen molar-refractivity contribution in [3.05, 3.63) is 65.2 Å². The van der Waals surface area contributed by atoms with Gasteiger partial charge in [-0.15, -0.1) is 0 Å². The molecule has 0 radical (unpaired) electrons. The summed E-state index contributed by atoms with van der Waals surface area (Å²) >= 11 is 0. The molecule has 0 spiro atoms. The van der Waals surface area contributed by atoms with Gasteiger partial charge in [0, 0.05) is 0 Å². The van der Waals surface area contributed by atoms with E-state index in [2.05, 4.69) is 0 Å². The highest BCUT2D eigenvalue weighted by molar-refractivity contribution is 5.70. The fraction of sp³-hybridized carbons (Fsp3) is 0.458. The second-order valence-electron chi connectivity index (χ2n) is 8.15. The van der Waals surface area contributed by atoms with Crippen LogP contribution in [0.5, 0.6) is 5.75 Å². The Hall–Kier alpha value is -2.75. The van der Waals surface area contributed by atoms with Gasteiger partial charge < -0.3 is 9.47 Å². The van der Waals surface area contributed by atoms with Crippen LogP contribution in [0.3, 0.4) is 0 Å². The number of likely N-dealkylation sites (tertiary alicyclic amines) is 1. The summed E-state index contributed by atoms with van der Waals surface area (Å²) in [4.78, 5) is 14.4. The van der Waals surface area contributed by atoms with Crippen molar-refractivity contribution in [1.29, 1.82) is 0 Å². The maximum Gasteiger partial charge on any atom is 0.416 e. The van der Waals surface area contributed by atoms with Crippen molar-refractivity contribution >= 4 is 5.97 Å². The van der Waals surface area contributed by atoms with E-state index >= 15 is 0 Å². The number of hydrogen-bond donors (Lipinski definition) is 0. The molecule has 0 bridgehead atoms. The molecule has 1 atom stereocenters. The van der Waals surface area contributed by atoms with E-state index in [0.29, 0.717) is 25.2 Å². The molecule has 0 aliphatic carbocycles. The van der Waals surface area contributed by atoms with Gasteiger partial charge in [0.1, 0.15) is 19.0 Å². The van der Waals surface area contributed by atoms with E-state index in [-0.39, 0.29) is 25.7 Å². The maximum absolute atomic E-state index is 13.1. The molecular weight excluding hydrogens is 464 g/mol. The second-order valence-corrected chi connectivity index (χ2v) is 8.15. The third-order valence-corrected chi connectivity index (χ3v) is 5.56. The lowest BCUT2D eigenvalue weighted by Crippen LogP contribution is -2.44. The topological polar surface area (TPSA) is 38.8 Å². The van der Waals surface area contributed by atoms with Gasteiger partial charge in [-0.25, -0.2) is 0 Å². The number of piperidine rings is 1. The lowest BCUT2D eigenvalue weighted by atomic mass is 10.1. The van der Waals surface area contributed by atoms with Crippen LogP contribution in [-0.4, -0.2) is 36.6 Å². The Bertz CT molecular complexity index is 908. The van der Waals surface area contributed by atoms with Crippen molar-refractivity contribution in [2.45, 2.75) is 50.7 Å². The number of halogens is 6. The Balaban J connectivity index is 1.71. The number of hydrogen-bond acceptors (Lipinski definition) is 4. The maximum atomic E-state index is 13.1. The molecule has 0 N–H and O–H groups in total. The molecule has 10 heteroatoms. The minimum absolute atomic E-state index is 0.0515. The Labute approximate surface area is 193 Å². The molecule has 1 fully saturated rings. The van der Waals surface area contributed by atoms with Crippen LogP contribution >= 0.6 is 0 Å². The van der Waals surface area contributed by atoms with Gasteiger partial charge in [0.25, 0.3) is 0 Å². The zero-order chi connectivity index (χ0) is 24.8. The molecule has 1 aliphatic rings. The number of benzene rings is 2. The molecule has 1 unspecified atom stereocenters. The highest BCUT2D eigenvalue weighted by Gasteiger charge is 2.37. The molecule has 2 aromatic rings. The van der Waals surface area contributed by atoms with Gasteiger partial charge in [-0.05, 0) is 49.7 Å². The number of carbonyl (C=O) groups is 1. The van der Waals surface area contributed by atoms with Crippen molar-refractivity contribution in [3.8, 4) is 5.75 Å². The van der Waals surface area contributed by atoms with Crippen LogP contribution in [0, 0.1) is 0 Å². The summed E-state index contributed by atoms with van der Waals surface area (Å²) in [6.45, 7) is 1.11. The molecule has 1 heterocycles. The predicted octanol–water partition coefficient (Wildman–Crippen LogP) is 6.09. The normalized spacial score (nSPS) is 16.2. The van der Waals surface area contributed by atoms with E-state index in [1.54, 1.807) is 24.3 Å². The lowest BCUT2D eigenvalue weighted by molar-refractivity contribution is -0.147. The summed E-state index contributed by atoms with van der Waals surface area (Å²) < 4.78 is 89.5. The van der Waals surface area contributed by atoms with Gasteiger partial charge >= 0.3 is 18.3 Å². The SMILES string of the molecule is O=C(CC(COc1cc(C(F)(F)F)cc(C(F)(F)F)c1)N1CCCCC1)OCc1ccccc1. The van der Waals surface area contributed by atoms with Crippen LogP contribution in [0.4, 0.5) is 26.3 Å². The lowest BCUT2D eigenvalue weighted by Gasteiger charge is -2.34. The zero-order valence-corrected chi connectivity index (χ0v) is 18.3. The van der Waals surface area contributed by atoms with Gasteiger partial charge in [0.15, 0.2) is 0 Å². The molecule has 34 heavy (non-hydrogen) atoms. The first-order chi connectivity index (χ1) is 16.0. The largest absolute Gasteiger partial charge is 0.492 e. The third kappa shape index (κ3) is 7.65. The number of nitrogens with zero attached hydrogens (tertiary/aromatic N) is 1. The number of esters is 1. The van der Waals surface area contributed by atoms with E-state index in [9.17, 15) is 31.1 Å². The van der Waals surface area contributed by atoms with E-state index in [0.717, 1.165) is 24.8 Å². The Kier molecular flexibility index (Phi) is 8.46. The van der Waals surface area contributed by atoms with Crippen LogP contribution in [0.25, 0.3) is 0 Å². The highest BCUT2D eigenvalue weighted by Crippen LogP contribution is 2.38. The summed E-state index contributed by atoms with van der Waals surface area (Å²) in [5.41, 5.74) is -2.10. The molecule has 0 aromatic heterocycles. The Morgan fingerprint density at radius 2 is 1.47 bits per heavy atom. The summed E-state index contributed by atoms with van der Waals surface area (Å²) in [5, 5.41) is 0. The molecule has 0 amide bonds. The number of carbonyl (C=O) groups excluding carboxylic acids is 1. The van der Waals surface area contributed by atoms with Gasteiger partial charge in [0.2, 0.25) is 0 Å². The van der Waals surface area contributed by atoms with Crippen molar-refractivity contribution in [2.24, 2.45) is 0 Å². The second kappa shape index (κ2) is 11.1. The van der Waals surface area contributed by atoms with Crippen LogP contribution in [0.1, 0.15) is 42.4 Å². The summed E-state index contributed by atoms with van der Waals surface area (Å²) in [6.07, 6.45) is -7.28. The average molecular weight is 489 g/mol. The molecular formula is C24H25F6NO3. The van der Waals surface area contributed by atoms with Crippen LogP contribution in [0.2, 0.25) is 0 Å².